The molecule has 0 unspecified atom stereocenters. The van der Waals surface area contributed by atoms with Gasteiger partial charge in [0.1, 0.15) is 0 Å². The van der Waals surface area contributed by atoms with Gasteiger partial charge in [-0.05, 0) is 13.8 Å². The predicted octanol–water partition coefficient (Wildman–Crippen LogP) is -1.20. The minimum absolute atomic E-state index is 0.150. The van der Waals surface area contributed by atoms with E-state index in [0.717, 1.165) is 0 Å². The Morgan fingerprint density at radius 3 is 2.18 bits per heavy atom. The zero-order valence-corrected chi connectivity index (χ0v) is 10.0. The fourth-order valence-corrected chi connectivity index (χ4v) is 2.59. The molecule has 0 aliphatic carbocycles. The van der Waals surface area contributed by atoms with Gasteiger partial charge in [-0.2, -0.15) is 0 Å². The Kier molecular flexibility index (Phi) is 2.91. The van der Waals surface area contributed by atoms with Crippen molar-refractivity contribution < 1.29 is 14.4 Å². The molecule has 0 spiro atoms. The van der Waals surface area contributed by atoms with Crippen LogP contribution in [0.3, 0.4) is 0 Å². The summed E-state index contributed by atoms with van der Waals surface area (Å²) in [4.78, 5) is 38.3. The molecule has 2 fully saturated rings. The average molecular weight is 239 g/mol. The lowest BCUT2D eigenvalue weighted by Crippen LogP contribution is -2.43. The molecule has 6 heteroatoms. The van der Waals surface area contributed by atoms with Gasteiger partial charge in [0.15, 0.2) is 0 Å². The number of hydrogen-bond donors (Lipinski definition) is 1. The molecule has 0 aromatic heterocycles. The van der Waals surface area contributed by atoms with Crippen molar-refractivity contribution in [3.63, 3.8) is 0 Å². The van der Waals surface area contributed by atoms with Crippen molar-refractivity contribution in [2.75, 3.05) is 19.6 Å². The molecular weight excluding hydrogens is 222 g/mol. The molecule has 3 atom stereocenters. The van der Waals surface area contributed by atoms with E-state index in [1.807, 2.05) is 0 Å². The highest BCUT2D eigenvalue weighted by Gasteiger charge is 2.52. The van der Waals surface area contributed by atoms with E-state index in [4.69, 9.17) is 5.73 Å². The van der Waals surface area contributed by atoms with Crippen molar-refractivity contribution >= 4 is 17.7 Å². The molecule has 0 saturated carbocycles. The highest BCUT2D eigenvalue weighted by molar-refractivity contribution is 6.06. The molecule has 2 aliphatic heterocycles. The maximum atomic E-state index is 11.9. The first-order chi connectivity index (χ1) is 7.97. The van der Waals surface area contributed by atoms with Gasteiger partial charge in [-0.15, -0.1) is 0 Å². The summed E-state index contributed by atoms with van der Waals surface area (Å²) in [7, 11) is 0. The summed E-state index contributed by atoms with van der Waals surface area (Å²) in [5.74, 6) is -1.21. The summed E-state index contributed by atoms with van der Waals surface area (Å²) in [6.45, 7) is 4.45. The van der Waals surface area contributed by atoms with Crippen molar-refractivity contribution in [2.24, 2.45) is 17.6 Å². The lowest BCUT2D eigenvalue weighted by molar-refractivity contribution is -0.141. The van der Waals surface area contributed by atoms with Crippen LogP contribution in [-0.2, 0) is 14.4 Å². The van der Waals surface area contributed by atoms with Crippen LogP contribution in [0.15, 0.2) is 0 Å². The molecule has 6 nitrogen and oxygen atoms in total. The number of amides is 3. The van der Waals surface area contributed by atoms with Crippen molar-refractivity contribution in [1.82, 2.24) is 9.80 Å². The molecule has 0 radical (unpaired) electrons. The Bertz CT molecular complexity index is 356. The van der Waals surface area contributed by atoms with Gasteiger partial charge in [0.2, 0.25) is 17.7 Å². The minimum atomic E-state index is -0.582. The number of hydrogen-bond acceptors (Lipinski definition) is 4. The quantitative estimate of drug-likeness (QED) is 0.613. The number of carbonyl (C=O) groups is 3. The Labute approximate surface area is 99.7 Å². The molecule has 3 amide bonds. The molecule has 0 bridgehead atoms. The summed E-state index contributed by atoms with van der Waals surface area (Å²) in [6.07, 6.45) is 0. The lowest BCUT2D eigenvalue weighted by atomic mass is 10.00. The summed E-state index contributed by atoms with van der Waals surface area (Å²) < 4.78 is 0. The number of fused-ring (bicyclic) bond motifs is 1. The molecule has 0 aromatic carbocycles. The molecule has 0 aromatic rings. The zero-order valence-electron chi connectivity index (χ0n) is 10.0. The van der Waals surface area contributed by atoms with E-state index in [2.05, 4.69) is 0 Å². The molecule has 2 aliphatic rings. The maximum Gasteiger partial charge on any atom is 0.239 e. The van der Waals surface area contributed by atoms with Crippen molar-refractivity contribution in [2.45, 2.75) is 19.9 Å². The second-order valence-electron chi connectivity index (χ2n) is 4.67. The van der Waals surface area contributed by atoms with Crippen LogP contribution in [0.25, 0.3) is 0 Å². The number of rotatable bonds is 2. The number of imide groups is 1. The SMILES string of the molecule is CCN1C(=O)[C@H]2CN(C(=O)[C@H](C)N)C[C@H]2C1=O. The molecular formula is C11H17N3O3. The monoisotopic (exact) mass is 239 g/mol. The maximum absolute atomic E-state index is 11.9. The van der Waals surface area contributed by atoms with E-state index in [0.29, 0.717) is 19.6 Å². The smallest absolute Gasteiger partial charge is 0.239 e. The van der Waals surface area contributed by atoms with Crippen LogP contribution < -0.4 is 5.73 Å². The van der Waals surface area contributed by atoms with Gasteiger partial charge in [-0.1, -0.05) is 0 Å². The summed E-state index contributed by atoms with van der Waals surface area (Å²) in [6, 6.07) is -0.582. The van der Waals surface area contributed by atoms with Crippen molar-refractivity contribution in [3.8, 4) is 0 Å². The van der Waals surface area contributed by atoms with Gasteiger partial charge in [0.25, 0.3) is 0 Å². The average Bonchev–Trinajstić information content (AvgIpc) is 2.80. The largest absolute Gasteiger partial charge is 0.340 e. The van der Waals surface area contributed by atoms with E-state index in [1.54, 1.807) is 13.8 Å². The third-order valence-corrected chi connectivity index (χ3v) is 3.50. The number of nitrogens with two attached hydrogens (primary N) is 1. The Hall–Kier alpha value is -1.43. The standard InChI is InChI=1S/C11H17N3O3/c1-3-14-10(16)7-4-13(9(15)6(2)12)5-8(7)11(14)17/h6-8H,3-5,12H2,1-2H3/t6-,7-,8+/m0/s1. The highest BCUT2D eigenvalue weighted by Crippen LogP contribution is 2.33. The number of carbonyl (C=O) groups excluding carboxylic acids is 3. The Balaban J connectivity index is 2.13. The van der Waals surface area contributed by atoms with Crippen LogP contribution in [0, 0.1) is 11.8 Å². The van der Waals surface area contributed by atoms with E-state index in [1.165, 1.54) is 9.80 Å². The van der Waals surface area contributed by atoms with Gasteiger partial charge in [-0.3, -0.25) is 19.3 Å². The van der Waals surface area contributed by atoms with E-state index in [9.17, 15) is 14.4 Å². The Morgan fingerprint density at radius 1 is 1.35 bits per heavy atom. The number of nitrogens with zero attached hydrogens (tertiary/aromatic N) is 2. The van der Waals surface area contributed by atoms with E-state index >= 15 is 0 Å². The molecule has 2 N–H and O–H groups in total. The summed E-state index contributed by atoms with van der Waals surface area (Å²) in [5, 5.41) is 0. The Morgan fingerprint density at radius 2 is 1.82 bits per heavy atom. The van der Waals surface area contributed by atoms with Crippen molar-refractivity contribution in [1.29, 1.82) is 0 Å². The summed E-state index contributed by atoms with van der Waals surface area (Å²) in [5.41, 5.74) is 5.52. The zero-order chi connectivity index (χ0) is 12.7. The van der Waals surface area contributed by atoms with Gasteiger partial charge in [0, 0.05) is 19.6 Å². The fourth-order valence-electron chi connectivity index (χ4n) is 2.59. The van der Waals surface area contributed by atoms with Crippen LogP contribution in [0.5, 0.6) is 0 Å². The first-order valence-electron chi connectivity index (χ1n) is 5.87. The normalized spacial score (nSPS) is 29.8. The van der Waals surface area contributed by atoms with Gasteiger partial charge < -0.3 is 10.6 Å². The molecule has 2 rings (SSSR count). The third-order valence-electron chi connectivity index (χ3n) is 3.50. The first-order valence-corrected chi connectivity index (χ1v) is 5.87. The van der Waals surface area contributed by atoms with Crippen LogP contribution in [0.1, 0.15) is 13.8 Å². The second-order valence-corrected chi connectivity index (χ2v) is 4.67. The lowest BCUT2D eigenvalue weighted by Gasteiger charge is -2.21. The van der Waals surface area contributed by atoms with Crippen LogP contribution in [0.4, 0.5) is 0 Å². The molecule has 94 valence electrons. The summed E-state index contributed by atoms with van der Waals surface area (Å²) >= 11 is 0. The van der Waals surface area contributed by atoms with Crippen LogP contribution in [-0.4, -0.2) is 53.2 Å². The van der Waals surface area contributed by atoms with E-state index in [-0.39, 0.29) is 29.6 Å². The van der Waals surface area contributed by atoms with Crippen LogP contribution >= 0.6 is 0 Å². The number of likely N-dealkylation sites (tertiary alicyclic amines) is 2. The fraction of sp³-hybridized carbons (Fsp3) is 0.727. The molecule has 17 heavy (non-hydrogen) atoms. The minimum Gasteiger partial charge on any atom is -0.340 e. The molecule has 2 heterocycles. The highest BCUT2D eigenvalue weighted by atomic mass is 16.2. The van der Waals surface area contributed by atoms with Gasteiger partial charge >= 0.3 is 0 Å². The van der Waals surface area contributed by atoms with Crippen LogP contribution in [0.2, 0.25) is 0 Å². The molecule has 2 saturated heterocycles. The van der Waals surface area contributed by atoms with Gasteiger partial charge in [-0.25, -0.2) is 0 Å². The van der Waals surface area contributed by atoms with E-state index < -0.39 is 6.04 Å². The van der Waals surface area contributed by atoms with Gasteiger partial charge in [0.05, 0.1) is 17.9 Å². The third kappa shape index (κ3) is 1.72. The topological polar surface area (TPSA) is 83.7 Å². The predicted molar refractivity (Wildman–Crippen MR) is 59.6 cm³/mol. The van der Waals surface area contributed by atoms with Crippen molar-refractivity contribution in [3.05, 3.63) is 0 Å². The first kappa shape index (κ1) is 12.0. The second kappa shape index (κ2) is 4.10.